The molecule has 1 nitrogen and oxygen atoms in total. The topological polar surface area (TPSA) is 12.0 Å². The highest BCUT2D eigenvalue weighted by atomic mass is 35.5. The summed E-state index contributed by atoms with van der Waals surface area (Å²) >= 11 is 6.13. The summed E-state index contributed by atoms with van der Waals surface area (Å²) in [6.45, 7) is 6.47. The molecule has 2 atom stereocenters. The van der Waals surface area contributed by atoms with Crippen molar-refractivity contribution in [2.75, 3.05) is 13.1 Å². The van der Waals surface area contributed by atoms with E-state index in [-0.39, 0.29) is 5.82 Å². The molecular weight excluding hydrogens is 249 g/mol. The molecule has 1 aromatic carbocycles. The Bertz CT molecular complexity index is 405. The van der Waals surface area contributed by atoms with Crippen LogP contribution in [0.3, 0.4) is 0 Å². The maximum Gasteiger partial charge on any atom is 0.142 e. The van der Waals surface area contributed by atoms with Crippen molar-refractivity contribution in [1.29, 1.82) is 0 Å². The number of hydrogen-bond acceptors (Lipinski definition) is 1. The summed E-state index contributed by atoms with van der Waals surface area (Å²) in [6, 6.07) is 5.18. The molecule has 1 N–H and O–H groups in total. The number of nitrogens with one attached hydrogen (secondary N) is 1. The van der Waals surface area contributed by atoms with E-state index in [4.69, 9.17) is 11.6 Å². The van der Waals surface area contributed by atoms with Crippen molar-refractivity contribution in [2.45, 2.75) is 32.6 Å². The van der Waals surface area contributed by atoms with Crippen LogP contribution in [0.15, 0.2) is 18.2 Å². The lowest BCUT2D eigenvalue weighted by Gasteiger charge is -2.34. The van der Waals surface area contributed by atoms with E-state index in [2.05, 4.69) is 19.2 Å². The van der Waals surface area contributed by atoms with Crippen LogP contribution in [0.5, 0.6) is 0 Å². The third-order valence-corrected chi connectivity index (χ3v) is 4.16. The maximum absolute atomic E-state index is 13.6. The molecule has 3 heteroatoms. The first-order valence-electron chi connectivity index (χ1n) is 6.74. The SMILES string of the molecule is CC(C)CC1CNCCC1c1cccc(F)c1Cl. The molecule has 0 spiro atoms. The van der Waals surface area contributed by atoms with Crippen molar-refractivity contribution in [3.8, 4) is 0 Å². The van der Waals surface area contributed by atoms with Gasteiger partial charge in [-0.05, 0) is 55.3 Å². The predicted octanol–water partition coefficient (Wildman–Crippen LogP) is 4.22. The van der Waals surface area contributed by atoms with Gasteiger partial charge in [-0.1, -0.05) is 37.6 Å². The van der Waals surface area contributed by atoms with E-state index in [1.54, 1.807) is 6.07 Å². The van der Waals surface area contributed by atoms with E-state index >= 15 is 0 Å². The summed E-state index contributed by atoms with van der Waals surface area (Å²) < 4.78 is 13.6. The smallest absolute Gasteiger partial charge is 0.142 e. The summed E-state index contributed by atoms with van der Waals surface area (Å²) in [6.07, 6.45) is 2.20. The molecule has 1 fully saturated rings. The molecule has 0 radical (unpaired) electrons. The van der Waals surface area contributed by atoms with Crippen LogP contribution < -0.4 is 5.32 Å². The molecular formula is C15H21ClFN. The van der Waals surface area contributed by atoms with Crippen LogP contribution in [0.1, 0.15) is 38.2 Å². The zero-order chi connectivity index (χ0) is 13.1. The summed E-state index contributed by atoms with van der Waals surface area (Å²) in [5, 5.41) is 3.75. The Kier molecular flexibility index (Phi) is 4.63. The maximum atomic E-state index is 13.6. The first-order chi connectivity index (χ1) is 8.59. The second kappa shape index (κ2) is 6.03. The van der Waals surface area contributed by atoms with E-state index in [0.29, 0.717) is 22.8 Å². The van der Waals surface area contributed by atoms with Gasteiger partial charge in [-0.3, -0.25) is 0 Å². The Balaban J connectivity index is 2.25. The van der Waals surface area contributed by atoms with Crippen molar-refractivity contribution < 1.29 is 4.39 Å². The molecule has 1 aromatic rings. The Hall–Kier alpha value is -0.600. The first-order valence-corrected chi connectivity index (χ1v) is 7.12. The van der Waals surface area contributed by atoms with E-state index in [1.807, 2.05) is 6.07 Å². The minimum absolute atomic E-state index is 0.295. The standard InChI is InChI=1S/C15H21ClFN/c1-10(2)8-11-9-18-7-6-12(11)13-4-3-5-14(17)15(13)16/h3-5,10-12,18H,6-9H2,1-2H3. The van der Waals surface area contributed by atoms with Gasteiger partial charge in [0.1, 0.15) is 5.82 Å². The largest absolute Gasteiger partial charge is 0.316 e. The average Bonchev–Trinajstić information content (AvgIpc) is 2.33. The second-order valence-corrected chi connectivity index (χ2v) is 6.01. The van der Waals surface area contributed by atoms with Gasteiger partial charge in [0, 0.05) is 0 Å². The highest BCUT2D eigenvalue weighted by molar-refractivity contribution is 6.31. The van der Waals surface area contributed by atoms with Gasteiger partial charge in [0.05, 0.1) is 5.02 Å². The molecule has 1 heterocycles. The molecule has 0 aliphatic carbocycles. The van der Waals surface area contributed by atoms with Crippen LogP contribution >= 0.6 is 11.6 Å². The third kappa shape index (κ3) is 3.04. The van der Waals surface area contributed by atoms with Gasteiger partial charge < -0.3 is 5.32 Å². The third-order valence-electron chi connectivity index (χ3n) is 3.76. The molecule has 0 bridgehead atoms. The van der Waals surface area contributed by atoms with Crippen molar-refractivity contribution in [2.24, 2.45) is 11.8 Å². The average molecular weight is 270 g/mol. The van der Waals surface area contributed by atoms with Crippen LogP contribution in [0.4, 0.5) is 4.39 Å². The van der Waals surface area contributed by atoms with Crippen LogP contribution in [-0.2, 0) is 0 Å². The monoisotopic (exact) mass is 269 g/mol. The summed E-state index contributed by atoms with van der Waals surface area (Å²) in [5.74, 6) is 1.30. The van der Waals surface area contributed by atoms with E-state index in [9.17, 15) is 4.39 Å². The molecule has 2 rings (SSSR count). The summed E-state index contributed by atoms with van der Waals surface area (Å²) in [7, 11) is 0. The summed E-state index contributed by atoms with van der Waals surface area (Å²) in [4.78, 5) is 0. The molecule has 0 saturated carbocycles. The van der Waals surface area contributed by atoms with E-state index in [0.717, 1.165) is 31.5 Å². The molecule has 18 heavy (non-hydrogen) atoms. The van der Waals surface area contributed by atoms with Gasteiger partial charge in [-0.15, -0.1) is 0 Å². The van der Waals surface area contributed by atoms with Crippen molar-refractivity contribution in [1.82, 2.24) is 5.32 Å². The Morgan fingerprint density at radius 1 is 1.44 bits per heavy atom. The lowest BCUT2D eigenvalue weighted by atomic mass is 9.77. The van der Waals surface area contributed by atoms with Crippen LogP contribution in [0, 0.1) is 17.7 Å². The highest BCUT2D eigenvalue weighted by Crippen LogP contribution is 2.38. The Morgan fingerprint density at radius 3 is 2.94 bits per heavy atom. The van der Waals surface area contributed by atoms with Gasteiger partial charge in [0.25, 0.3) is 0 Å². The number of hydrogen-bond donors (Lipinski definition) is 1. The highest BCUT2D eigenvalue weighted by Gasteiger charge is 2.28. The summed E-state index contributed by atoms with van der Waals surface area (Å²) in [5.41, 5.74) is 0.990. The molecule has 0 amide bonds. The zero-order valence-corrected chi connectivity index (χ0v) is 11.8. The van der Waals surface area contributed by atoms with Crippen molar-refractivity contribution >= 4 is 11.6 Å². The number of halogens is 2. The van der Waals surface area contributed by atoms with Crippen molar-refractivity contribution in [3.63, 3.8) is 0 Å². The van der Waals surface area contributed by atoms with Gasteiger partial charge >= 0.3 is 0 Å². The lowest BCUT2D eigenvalue weighted by molar-refractivity contribution is 0.280. The van der Waals surface area contributed by atoms with Crippen LogP contribution in [-0.4, -0.2) is 13.1 Å². The minimum Gasteiger partial charge on any atom is -0.316 e. The molecule has 100 valence electrons. The fourth-order valence-corrected chi connectivity index (χ4v) is 3.26. The first kappa shape index (κ1) is 13.8. The zero-order valence-electron chi connectivity index (χ0n) is 11.0. The Morgan fingerprint density at radius 2 is 2.22 bits per heavy atom. The predicted molar refractivity (Wildman–Crippen MR) is 74.6 cm³/mol. The molecule has 1 aliphatic heterocycles. The van der Waals surface area contributed by atoms with E-state index < -0.39 is 0 Å². The minimum atomic E-state index is -0.295. The number of piperidine rings is 1. The van der Waals surface area contributed by atoms with Gasteiger partial charge in [-0.2, -0.15) is 0 Å². The van der Waals surface area contributed by atoms with Gasteiger partial charge in [0.2, 0.25) is 0 Å². The molecule has 1 aliphatic rings. The second-order valence-electron chi connectivity index (χ2n) is 5.63. The quantitative estimate of drug-likeness (QED) is 0.866. The molecule has 0 aromatic heterocycles. The van der Waals surface area contributed by atoms with Crippen molar-refractivity contribution in [3.05, 3.63) is 34.6 Å². The van der Waals surface area contributed by atoms with E-state index in [1.165, 1.54) is 6.07 Å². The number of benzene rings is 1. The fourth-order valence-electron chi connectivity index (χ4n) is 2.99. The molecule has 1 saturated heterocycles. The number of rotatable bonds is 3. The lowest BCUT2D eigenvalue weighted by Crippen LogP contribution is -2.36. The fraction of sp³-hybridized carbons (Fsp3) is 0.600. The molecule has 2 unspecified atom stereocenters. The van der Waals surface area contributed by atoms with Gasteiger partial charge in [-0.25, -0.2) is 4.39 Å². The van der Waals surface area contributed by atoms with Crippen LogP contribution in [0.2, 0.25) is 5.02 Å². The van der Waals surface area contributed by atoms with Gasteiger partial charge in [0.15, 0.2) is 0 Å². The Labute approximate surface area is 114 Å². The normalized spacial score (nSPS) is 24.5. The van der Waals surface area contributed by atoms with Crippen LogP contribution in [0.25, 0.3) is 0 Å².